The molecule has 0 heterocycles. The maximum absolute atomic E-state index is 5.65. The summed E-state index contributed by atoms with van der Waals surface area (Å²) < 4.78 is 16.4. The summed E-state index contributed by atoms with van der Waals surface area (Å²) >= 11 is 0. The van der Waals surface area contributed by atoms with Crippen molar-refractivity contribution in [1.82, 2.24) is 5.32 Å². The topological polar surface area (TPSA) is 39.7 Å². The summed E-state index contributed by atoms with van der Waals surface area (Å²) in [6, 6.07) is 14.1. The highest BCUT2D eigenvalue weighted by molar-refractivity contribution is 5.85. The Bertz CT molecular complexity index is 602. The molecule has 5 heteroatoms. The molecule has 0 unspecified atom stereocenters. The summed E-state index contributed by atoms with van der Waals surface area (Å²) in [7, 11) is 1.68. The van der Waals surface area contributed by atoms with E-state index in [1.807, 2.05) is 38.1 Å². The lowest BCUT2D eigenvalue weighted by atomic mass is 10.2. The molecule has 0 saturated carbocycles. The van der Waals surface area contributed by atoms with Crippen LogP contribution in [0.2, 0.25) is 0 Å². The van der Waals surface area contributed by atoms with Crippen molar-refractivity contribution >= 4 is 12.4 Å². The van der Waals surface area contributed by atoms with Gasteiger partial charge in [0.25, 0.3) is 0 Å². The van der Waals surface area contributed by atoms with Crippen LogP contribution in [0.15, 0.2) is 42.5 Å². The number of nitrogens with one attached hydrogen (secondary N) is 1. The van der Waals surface area contributed by atoms with E-state index in [-0.39, 0.29) is 12.4 Å². The van der Waals surface area contributed by atoms with E-state index in [2.05, 4.69) is 23.5 Å². The van der Waals surface area contributed by atoms with E-state index in [4.69, 9.17) is 14.2 Å². The van der Waals surface area contributed by atoms with Crippen molar-refractivity contribution in [2.45, 2.75) is 26.9 Å². The van der Waals surface area contributed by atoms with Gasteiger partial charge in [-0.3, -0.25) is 0 Å². The number of hydrogen-bond donors (Lipinski definition) is 1. The van der Waals surface area contributed by atoms with Crippen LogP contribution in [-0.4, -0.2) is 20.3 Å². The van der Waals surface area contributed by atoms with Gasteiger partial charge in [-0.25, -0.2) is 0 Å². The molecule has 0 saturated heterocycles. The van der Waals surface area contributed by atoms with Gasteiger partial charge in [-0.15, -0.1) is 12.4 Å². The van der Waals surface area contributed by atoms with E-state index >= 15 is 0 Å². The molecule has 132 valence electrons. The van der Waals surface area contributed by atoms with E-state index in [0.717, 1.165) is 30.3 Å². The van der Waals surface area contributed by atoms with Gasteiger partial charge in [0, 0.05) is 13.1 Å². The molecule has 1 N–H and O–H groups in total. The second-order valence-corrected chi connectivity index (χ2v) is 5.10. The fourth-order valence-corrected chi connectivity index (χ4v) is 2.30. The fraction of sp³-hybridized carbons (Fsp3) is 0.368. The average molecular weight is 352 g/mol. The zero-order chi connectivity index (χ0) is 16.5. The Morgan fingerprint density at radius 2 is 1.38 bits per heavy atom. The van der Waals surface area contributed by atoms with Crippen LogP contribution in [0.3, 0.4) is 0 Å². The molecule has 0 aliphatic rings. The van der Waals surface area contributed by atoms with E-state index < -0.39 is 0 Å². The number of halogens is 1. The van der Waals surface area contributed by atoms with Crippen LogP contribution in [0.5, 0.6) is 17.2 Å². The normalized spacial score (nSPS) is 9.96. The molecular weight excluding hydrogens is 326 g/mol. The van der Waals surface area contributed by atoms with Gasteiger partial charge in [0.1, 0.15) is 5.75 Å². The molecule has 0 aliphatic heterocycles. The Kier molecular flexibility index (Phi) is 9.05. The maximum atomic E-state index is 5.65. The summed E-state index contributed by atoms with van der Waals surface area (Å²) in [6.07, 6.45) is 0. The predicted octanol–water partition coefficient (Wildman–Crippen LogP) is 4.20. The van der Waals surface area contributed by atoms with Crippen LogP contribution in [0.4, 0.5) is 0 Å². The van der Waals surface area contributed by atoms with Crippen molar-refractivity contribution in [3.05, 3.63) is 53.6 Å². The van der Waals surface area contributed by atoms with Crippen LogP contribution in [0, 0.1) is 0 Å². The first kappa shape index (κ1) is 20.1. The lowest BCUT2D eigenvalue weighted by Crippen LogP contribution is -2.12. The summed E-state index contributed by atoms with van der Waals surface area (Å²) in [6.45, 7) is 6.79. The third-order valence-electron chi connectivity index (χ3n) is 3.43. The van der Waals surface area contributed by atoms with Crippen LogP contribution < -0.4 is 19.5 Å². The van der Waals surface area contributed by atoms with Crippen molar-refractivity contribution in [2.24, 2.45) is 0 Å². The van der Waals surface area contributed by atoms with Gasteiger partial charge < -0.3 is 19.5 Å². The highest BCUT2D eigenvalue weighted by Gasteiger charge is 2.06. The number of benzene rings is 2. The second kappa shape index (κ2) is 10.8. The molecule has 2 rings (SSSR count). The minimum Gasteiger partial charge on any atom is -0.497 e. The third-order valence-corrected chi connectivity index (χ3v) is 3.43. The Hall–Kier alpha value is -1.91. The van der Waals surface area contributed by atoms with Crippen LogP contribution >= 0.6 is 12.4 Å². The number of rotatable bonds is 9. The highest BCUT2D eigenvalue weighted by Crippen LogP contribution is 2.28. The molecule has 2 aromatic rings. The molecule has 0 spiro atoms. The second-order valence-electron chi connectivity index (χ2n) is 5.10. The molecule has 4 nitrogen and oxygen atoms in total. The number of ether oxygens (including phenoxy) is 3. The molecule has 0 aliphatic carbocycles. The van der Waals surface area contributed by atoms with E-state index in [1.165, 1.54) is 11.1 Å². The summed E-state index contributed by atoms with van der Waals surface area (Å²) in [5, 5.41) is 3.44. The summed E-state index contributed by atoms with van der Waals surface area (Å²) in [5.41, 5.74) is 2.40. The quantitative estimate of drug-likeness (QED) is 0.734. The van der Waals surface area contributed by atoms with Gasteiger partial charge in [-0.2, -0.15) is 0 Å². The Morgan fingerprint density at radius 1 is 0.792 bits per heavy atom. The highest BCUT2D eigenvalue weighted by atomic mass is 35.5. The smallest absolute Gasteiger partial charge is 0.161 e. The first-order valence-corrected chi connectivity index (χ1v) is 7.99. The van der Waals surface area contributed by atoms with Crippen LogP contribution in [0.25, 0.3) is 0 Å². The molecular formula is C19H26ClNO3. The monoisotopic (exact) mass is 351 g/mol. The first-order chi connectivity index (χ1) is 11.3. The number of methoxy groups -OCH3 is 1. The molecule has 0 atom stereocenters. The van der Waals surface area contributed by atoms with Crippen LogP contribution in [-0.2, 0) is 13.1 Å². The van der Waals surface area contributed by atoms with Crippen molar-refractivity contribution in [1.29, 1.82) is 0 Å². The van der Waals surface area contributed by atoms with Gasteiger partial charge in [0.15, 0.2) is 11.5 Å². The van der Waals surface area contributed by atoms with E-state index in [0.29, 0.717) is 13.2 Å². The maximum Gasteiger partial charge on any atom is 0.161 e. The molecule has 0 bridgehead atoms. The van der Waals surface area contributed by atoms with Crippen molar-refractivity contribution in [3.63, 3.8) is 0 Å². The Balaban J connectivity index is 0.00000288. The first-order valence-electron chi connectivity index (χ1n) is 7.99. The Morgan fingerprint density at radius 3 is 2.00 bits per heavy atom. The van der Waals surface area contributed by atoms with Gasteiger partial charge in [0.05, 0.1) is 20.3 Å². The van der Waals surface area contributed by atoms with Gasteiger partial charge >= 0.3 is 0 Å². The number of hydrogen-bond acceptors (Lipinski definition) is 4. The molecule has 0 amide bonds. The fourth-order valence-electron chi connectivity index (χ4n) is 2.30. The molecule has 0 radical (unpaired) electrons. The minimum absolute atomic E-state index is 0. The minimum atomic E-state index is 0. The zero-order valence-electron chi connectivity index (χ0n) is 14.5. The van der Waals surface area contributed by atoms with Gasteiger partial charge in [-0.05, 0) is 49.2 Å². The zero-order valence-corrected chi connectivity index (χ0v) is 15.3. The van der Waals surface area contributed by atoms with Gasteiger partial charge in [-0.1, -0.05) is 18.2 Å². The molecule has 2 aromatic carbocycles. The van der Waals surface area contributed by atoms with Crippen LogP contribution in [0.1, 0.15) is 25.0 Å². The van der Waals surface area contributed by atoms with Crippen molar-refractivity contribution < 1.29 is 14.2 Å². The predicted molar refractivity (Wildman–Crippen MR) is 99.6 cm³/mol. The van der Waals surface area contributed by atoms with E-state index in [9.17, 15) is 0 Å². The van der Waals surface area contributed by atoms with E-state index in [1.54, 1.807) is 7.11 Å². The largest absolute Gasteiger partial charge is 0.497 e. The average Bonchev–Trinajstić information content (AvgIpc) is 2.58. The SMILES string of the molecule is CCOc1ccc(CNCc2ccc(OC)cc2)cc1OCC.Cl. The Labute approximate surface area is 150 Å². The van der Waals surface area contributed by atoms with Crippen molar-refractivity contribution in [3.8, 4) is 17.2 Å². The summed E-state index contributed by atoms with van der Waals surface area (Å²) in [4.78, 5) is 0. The lowest BCUT2D eigenvalue weighted by Gasteiger charge is -2.13. The standard InChI is InChI=1S/C19H25NO3.ClH/c1-4-22-18-11-8-16(12-19(18)23-5-2)14-20-13-15-6-9-17(21-3)10-7-15;/h6-12,20H,4-5,13-14H2,1-3H3;1H. The van der Waals surface area contributed by atoms with Gasteiger partial charge in [0.2, 0.25) is 0 Å². The molecule has 0 aromatic heterocycles. The molecule has 0 fully saturated rings. The lowest BCUT2D eigenvalue weighted by molar-refractivity contribution is 0.287. The summed E-state index contributed by atoms with van der Waals surface area (Å²) in [5.74, 6) is 2.48. The third kappa shape index (κ3) is 5.95. The molecule has 24 heavy (non-hydrogen) atoms. The van der Waals surface area contributed by atoms with Crippen molar-refractivity contribution in [2.75, 3.05) is 20.3 Å².